The van der Waals surface area contributed by atoms with Crippen molar-refractivity contribution in [1.82, 2.24) is 10.1 Å². The Kier molecular flexibility index (Phi) is 5.30. The number of nitrogens with one attached hydrogen (secondary N) is 1. The van der Waals surface area contributed by atoms with Crippen molar-refractivity contribution >= 4 is 11.6 Å². The van der Waals surface area contributed by atoms with E-state index in [4.69, 9.17) is 4.52 Å². The standard InChI is InChI=1S/C19H25N3O2/c1-14-12-19(24-21-14)18-6-4-3-5-11-22(18)13-16-7-9-17(10-8-16)20-15(2)23/h7-10,12,18H,3-6,11,13H2,1-2H3,(H,20,23)/t18-/m1/s1. The van der Waals surface area contributed by atoms with Crippen LogP contribution in [0.5, 0.6) is 0 Å². The lowest BCUT2D eigenvalue weighted by atomic mass is 10.1. The molecule has 1 aromatic heterocycles. The highest BCUT2D eigenvalue weighted by Gasteiger charge is 2.25. The van der Waals surface area contributed by atoms with E-state index in [1.165, 1.54) is 31.7 Å². The summed E-state index contributed by atoms with van der Waals surface area (Å²) in [7, 11) is 0. The quantitative estimate of drug-likeness (QED) is 0.920. The van der Waals surface area contributed by atoms with Crippen molar-refractivity contribution in [1.29, 1.82) is 0 Å². The molecule has 1 saturated heterocycles. The van der Waals surface area contributed by atoms with Gasteiger partial charge in [-0.2, -0.15) is 0 Å². The third-order valence-corrected chi connectivity index (χ3v) is 4.50. The van der Waals surface area contributed by atoms with E-state index in [1.807, 2.05) is 19.1 Å². The maximum absolute atomic E-state index is 11.1. The topological polar surface area (TPSA) is 58.4 Å². The Morgan fingerprint density at radius 2 is 2.08 bits per heavy atom. The first kappa shape index (κ1) is 16.7. The molecular formula is C19H25N3O2. The molecule has 5 nitrogen and oxygen atoms in total. The normalized spacial score (nSPS) is 19.0. The van der Waals surface area contributed by atoms with Crippen LogP contribution in [0.3, 0.4) is 0 Å². The van der Waals surface area contributed by atoms with Crippen LogP contribution in [0.2, 0.25) is 0 Å². The predicted octanol–water partition coefficient (Wildman–Crippen LogP) is 4.06. The maximum atomic E-state index is 11.1. The summed E-state index contributed by atoms with van der Waals surface area (Å²) in [5.41, 5.74) is 3.02. The second kappa shape index (κ2) is 7.62. The van der Waals surface area contributed by atoms with E-state index in [-0.39, 0.29) is 5.91 Å². The highest BCUT2D eigenvalue weighted by molar-refractivity contribution is 5.88. The third-order valence-electron chi connectivity index (χ3n) is 4.50. The molecule has 1 atom stereocenters. The monoisotopic (exact) mass is 327 g/mol. The number of rotatable bonds is 4. The molecule has 2 heterocycles. The molecule has 1 aliphatic rings. The number of hydrogen-bond donors (Lipinski definition) is 1. The van der Waals surface area contributed by atoms with Gasteiger partial charge in [0.15, 0.2) is 5.76 Å². The Morgan fingerprint density at radius 1 is 1.29 bits per heavy atom. The highest BCUT2D eigenvalue weighted by Crippen LogP contribution is 2.31. The number of aromatic nitrogens is 1. The van der Waals surface area contributed by atoms with Crippen LogP contribution >= 0.6 is 0 Å². The van der Waals surface area contributed by atoms with Crippen molar-refractivity contribution in [2.45, 2.75) is 52.1 Å². The summed E-state index contributed by atoms with van der Waals surface area (Å²) in [6.07, 6.45) is 4.82. The Hall–Kier alpha value is -2.14. The molecule has 0 unspecified atom stereocenters. The van der Waals surface area contributed by atoms with E-state index in [2.05, 4.69) is 33.6 Å². The molecule has 0 saturated carbocycles. The van der Waals surface area contributed by atoms with Crippen molar-refractivity contribution in [3.05, 3.63) is 47.3 Å². The number of carbonyl (C=O) groups is 1. The zero-order valence-electron chi connectivity index (χ0n) is 14.4. The number of carbonyl (C=O) groups excluding carboxylic acids is 1. The number of anilines is 1. The number of nitrogens with zero attached hydrogens (tertiary/aromatic N) is 2. The molecule has 0 spiro atoms. The fourth-order valence-electron chi connectivity index (χ4n) is 3.35. The van der Waals surface area contributed by atoms with Crippen molar-refractivity contribution < 1.29 is 9.32 Å². The average molecular weight is 327 g/mol. The van der Waals surface area contributed by atoms with Crippen LogP contribution in [0.25, 0.3) is 0 Å². The van der Waals surface area contributed by atoms with Crippen molar-refractivity contribution in [3.63, 3.8) is 0 Å². The zero-order valence-corrected chi connectivity index (χ0v) is 14.4. The molecule has 0 aliphatic carbocycles. The van der Waals surface area contributed by atoms with Gasteiger partial charge in [0.2, 0.25) is 5.91 Å². The lowest BCUT2D eigenvalue weighted by Crippen LogP contribution is -2.28. The van der Waals surface area contributed by atoms with Crippen LogP contribution in [-0.2, 0) is 11.3 Å². The summed E-state index contributed by atoms with van der Waals surface area (Å²) in [6, 6.07) is 10.4. The number of hydrogen-bond acceptors (Lipinski definition) is 4. The number of benzene rings is 1. The molecule has 24 heavy (non-hydrogen) atoms. The second-order valence-electron chi connectivity index (χ2n) is 6.58. The zero-order chi connectivity index (χ0) is 16.9. The van der Waals surface area contributed by atoms with E-state index in [0.717, 1.165) is 36.7 Å². The molecule has 1 fully saturated rings. The van der Waals surface area contributed by atoms with Gasteiger partial charge >= 0.3 is 0 Å². The van der Waals surface area contributed by atoms with Gasteiger partial charge < -0.3 is 9.84 Å². The lowest BCUT2D eigenvalue weighted by molar-refractivity contribution is -0.114. The Labute approximate surface area is 143 Å². The average Bonchev–Trinajstić information content (AvgIpc) is 2.84. The van der Waals surface area contributed by atoms with Crippen LogP contribution < -0.4 is 5.32 Å². The predicted molar refractivity (Wildman–Crippen MR) is 93.6 cm³/mol. The fourth-order valence-corrected chi connectivity index (χ4v) is 3.35. The van der Waals surface area contributed by atoms with Crippen LogP contribution in [-0.4, -0.2) is 22.5 Å². The van der Waals surface area contributed by atoms with Gasteiger partial charge in [-0.3, -0.25) is 9.69 Å². The molecule has 1 amide bonds. The molecule has 0 radical (unpaired) electrons. The summed E-state index contributed by atoms with van der Waals surface area (Å²) in [4.78, 5) is 13.6. The SMILES string of the molecule is CC(=O)Nc1ccc(CN2CCCCC[C@@H]2c2cc(C)no2)cc1. The largest absolute Gasteiger partial charge is 0.359 e. The Balaban J connectivity index is 1.73. The molecule has 0 bridgehead atoms. The molecule has 2 aromatic rings. The Bertz CT molecular complexity index is 678. The number of amides is 1. The van der Waals surface area contributed by atoms with Gasteiger partial charge in [-0.1, -0.05) is 30.1 Å². The third kappa shape index (κ3) is 4.23. The first-order chi connectivity index (χ1) is 11.6. The van der Waals surface area contributed by atoms with Gasteiger partial charge in [0.05, 0.1) is 11.7 Å². The number of likely N-dealkylation sites (tertiary alicyclic amines) is 1. The van der Waals surface area contributed by atoms with Crippen LogP contribution in [0.15, 0.2) is 34.9 Å². The summed E-state index contributed by atoms with van der Waals surface area (Å²) < 4.78 is 5.55. The van der Waals surface area contributed by atoms with E-state index < -0.39 is 0 Å². The van der Waals surface area contributed by atoms with E-state index >= 15 is 0 Å². The summed E-state index contributed by atoms with van der Waals surface area (Å²) in [5.74, 6) is 0.931. The molecule has 1 aromatic carbocycles. The first-order valence-corrected chi connectivity index (χ1v) is 8.65. The first-order valence-electron chi connectivity index (χ1n) is 8.65. The Morgan fingerprint density at radius 3 is 2.75 bits per heavy atom. The van der Waals surface area contributed by atoms with Gasteiger partial charge in [-0.05, 0) is 44.0 Å². The van der Waals surface area contributed by atoms with Gasteiger partial charge in [0.1, 0.15) is 0 Å². The molecule has 5 heteroatoms. The van der Waals surface area contributed by atoms with Crippen molar-refractivity contribution in [3.8, 4) is 0 Å². The molecule has 128 valence electrons. The molecule has 3 rings (SSSR count). The van der Waals surface area contributed by atoms with E-state index in [1.54, 1.807) is 0 Å². The minimum atomic E-state index is -0.0454. The smallest absolute Gasteiger partial charge is 0.221 e. The molecule has 1 aliphatic heterocycles. The van der Waals surface area contributed by atoms with Gasteiger partial charge in [0.25, 0.3) is 0 Å². The van der Waals surface area contributed by atoms with E-state index in [9.17, 15) is 4.79 Å². The van der Waals surface area contributed by atoms with Crippen molar-refractivity contribution in [2.24, 2.45) is 0 Å². The van der Waals surface area contributed by atoms with Crippen LogP contribution in [0, 0.1) is 6.92 Å². The van der Waals surface area contributed by atoms with E-state index in [0.29, 0.717) is 6.04 Å². The minimum Gasteiger partial charge on any atom is -0.359 e. The van der Waals surface area contributed by atoms with Gasteiger partial charge in [0, 0.05) is 25.2 Å². The molecular weight excluding hydrogens is 302 g/mol. The fraction of sp³-hybridized carbons (Fsp3) is 0.474. The summed E-state index contributed by atoms with van der Waals surface area (Å²) in [6.45, 7) is 5.44. The lowest BCUT2D eigenvalue weighted by Gasteiger charge is -2.28. The molecule has 1 N–H and O–H groups in total. The summed E-state index contributed by atoms with van der Waals surface area (Å²) >= 11 is 0. The second-order valence-corrected chi connectivity index (χ2v) is 6.58. The van der Waals surface area contributed by atoms with Crippen molar-refractivity contribution in [2.75, 3.05) is 11.9 Å². The number of aryl methyl sites for hydroxylation is 1. The van der Waals surface area contributed by atoms with Gasteiger partial charge in [-0.15, -0.1) is 0 Å². The van der Waals surface area contributed by atoms with Crippen LogP contribution in [0.1, 0.15) is 55.7 Å². The minimum absolute atomic E-state index is 0.0454. The maximum Gasteiger partial charge on any atom is 0.221 e. The highest BCUT2D eigenvalue weighted by atomic mass is 16.5. The summed E-state index contributed by atoms with van der Waals surface area (Å²) in [5, 5.41) is 6.87. The van der Waals surface area contributed by atoms with Crippen LogP contribution in [0.4, 0.5) is 5.69 Å². The van der Waals surface area contributed by atoms with Gasteiger partial charge in [-0.25, -0.2) is 0 Å².